The molecule has 2 N–H and O–H groups in total. The molecule has 2 aromatic carbocycles. The van der Waals surface area contributed by atoms with Crippen LogP contribution in [0.2, 0.25) is 0 Å². The van der Waals surface area contributed by atoms with Crippen LogP contribution in [0.1, 0.15) is 63.9 Å². The molecule has 1 fully saturated rings. The summed E-state index contributed by atoms with van der Waals surface area (Å²) in [6.07, 6.45) is 8.31. The number of esters is 1. The maximum atomic E-state index is 12.8. The van der Waals surface area contributed by atoms with E-state index in [1.165, 1.54) is 26.4 Å². The Morgan fingerprint density at radius 1 is 1.00 bits per heavy atom. The number of amides is 1. The third-order valence-corrected chi connectivity index (χ3v) is 6.06. The summed E-state index contributed by atoms with van der Waals surface area (Å²) in [7, 11) is 2.94. The maximum absolute atomic E-state index is 12.8. The summed E-state index contributed by atoms with van der Waals surface area (Å²) in [5, 5.41) is 4.20. The molecule has 1 amide bonds. The summed E-state index contributed by atoms with van der Waals surface area (Å²) < 4.78 is 10.3. The van der Waals surface area contributed by atoms with Crippen LogP contribution < -0.4 is 10.1 Å². The molecule has 0 saturated heterocycles. The second-order valence-electron chi connectivity index (χ2n) is 8.08. The van der Waals surface area contributed by atoms with E-state index in [9.17, 15) is 9.59 Å². The number of benzene rings is 2. The number of aromatic nitrogens is 1. The zero-order valence-corrected chi connectivity index (χ0v) is 18.0. The number of rotatable bonds is 6. The van der Waals surface area contributed by atoms with E-state index in [2.05, 4.69) is 10.3 Å². The molecule has 6 nitrogen and oxygen atoms in total. The highest BCUT2D eigenvalue weighted by atomic mass is 16.5. The molecule has 0 spiro atoms. The average molecular weight is 421 g/mol. The van der Waals surface area contributed by atoms with Crippen molar-refractivity contribution in [1.82, 2.24) is 10.3 Å². The van der Waals surface area contributed by atoms with Gasteiger partial charge in [0.2, 0.25) is 0 Å². The minimum atomic E-state index is -0.398. The second-order valence-corrected chi connectivity index (χ2v) is 8.08. The highest BCUT2D eigenvalue weighted by Crippen LogP contribution is 2.28. The van der Waals surface area contributed by atoms with E-state index in [0.717, 1.165) is 34.9 Å². The van der Waals surface area contributed by atoms with Crippen LogP contribution in [-0.4, -0.2) is 37.1 Å². The van der Waals surface area contributed by atoms with Crippen LogP contribution in [0.3, 0.4) is 0 Å². The summed E-state index contributed by atoms with van der Waals surface area (Å²) >= 11 is 0. The van der Waals surface area contributed by atoms with E-state index in [1.807, 2.05) is 30.5 Å². The topological polar surface area (TPSA) is 80.4 Å². The molecule has 0 aliphatic heterocycles. The minimum Gasteiger partial charge on any atom is -0.496 e. The summed E-state index contributed by atoms with van der Waals surface area (Å²) in [5.41, 5.74) is 4.12. The Morgan fingerprint density at radius 2 is 1.77 bits per heavy atom. The number of carbonyl (C=O) groups is 2. The van der Waals surface area contributed by atoms with E-state index in [-0.39, 0.29) is 11.9 Å². The third-order valence-electron chi connectivity index (χ3n) is 6.06. The highest BCUT2D eigenvalue weighted by Gasteiger charge is 2.18. The maximum Gasteiger partial charge on any atom is 0.337 e. The number of aromatic amines is 1. The summed E-state index contributed by atoms with van der Waals surface area (Å²) in [4.78, 5) is 27.9. The Balaban J connectivity index is 1.58. The molecule has 1 aliphatic rings. The van der Waals surface area contributed by atoms with Crippen LogP contribution >= 0.6 is 0 Å². The fourth-order valence-electron chi connectivity index (χ4n) is 4.32. The monoisotopic (exact) mass is 420 g/mol. The fraction of sp³-hybridized carbons (Fsp3) is 0.360. The lowest BCUT2D eigenvalue weighted by atomic mass is 9.95. The number of fused-ring (bicyclic) bond motifs is 1. The first-order valence-corrected chi connectivity index (χ1v) is 10.7. The van der Waals surface area contributed by atoms with E-state index in [1.54, 1.807) is 19.2 Å². The van der Waals surface area contributed by atoms with Gasteiger partial charge in [0.25, 0.3) is 5.91 Å². The third kappa shape index (κ3) is 4.58. The van der Waals surface area contributed by atoms with Crippen LogP contribution in [0, 0.1) is 0 Å². The number of H-pyrrole nitrogens is 1. The van der Waals surface area contributed by atoms with Gasteiger partial charge in [-0.1, -0.05) is 25.3 Å². The molecule has 4 rings (SSSR count). The van der Waals surface area contributed by atoms with Crippen LogP contribution in [0.5, 0.6) is 5.75 Å². The van der Waals surface area contributed by atoms with Gasteiger partial charge in [0.15, 0.2) is 0 Å². The van der Waals surface area contributed by atoms with Crippen molar-refractivity contribution < 1.29 is 19.1 Å². The molecule has 162 valence electrons. The number of hydrogen-bond acceptors (Lipinski definition) is 4. The molecule has 6 heteroatoms. The van der Waals surface area contributed by atoms with Gasteiger partial charge in [0.05, 0.1) is 19.8 Å². The van der Waals surface area contributed by atoms with Gasteiger partial charge in [-0.25, -0.2) is 4.79 Å². The van der Waals surface area contributed by atoms with Crippen LogP contribution in [0.15, 0.2) is 42.6 Å². The van der Waals surface area contributed by atoms with Gasteiger partial charge in [-0.3, -0.25) is 4.79 Å². The molecule has 1 aromatic heterocycles. The molecular weight excluding hydrogens is 392 g/mol. The van der Waals surface area contributed by atoms with Gasteiger partial charge in [0, 0.05) is 35.1 Å². The Bertz CT molecular complexity index is 1100. The molecule has 0 radical (unpaired) electrons. The molecule has 1 saturated carbocycles. The Kier molecular flexibility index (Phi) is 6.26. The van der Waals surface area contributed by atoms with Gasteiger partial charge in [-0.05, 0) is 54.3 Å². The van der Waals surface area contributed by atoms with Crippen molar-refractivity contribution in [1.29, 1.82) is 0 Å². The van der Waals surface area contributed by atoms with Crippen LogP contribution in [0.25, 0.3) is 10.9 Å². The normalized spacial score (nSPS) is 14.4. The van der Waals surface area contributed by atoms with Crippen molar-refractivity contribution in [3.05, 3.63) is 64.8 Å². The van der Waals surface area contributed by atoms with Gasteiger partial charge in [-0.15, -0.1) is 0 Å². The number of nitrogens with one attached hydrogen (secondary N) is 2. The predicted octanol–water partition coefficient (Wildman–Crippen LogP) is 4.62. The number of hydrogen-bond donors (Lipinski definition) is 2. The predicted molar refractivity (Wildman–Crippen MR) is 120 cm³/mol. The molecule has 31 heavy (non-hydrogen) atoms. The summed E-state index contributed by atoms with van der Waals surface area (Å²) in [6, 6.07) is 11.4. The fourth-order valence-corrected chi connectivity index (χ4v) is 4.32. The van der Waals surface area contributed by atoms with Crippen molar-refractivity contribution in [3.63, 3.8) is 0 Å². The first-order valence-electron chi connectivity index (χ1n) is 10.7. The molecule has 1 heterocycles. The zero-order valence-electron chi connectivity index (χ0n) is 18.0. The quantitative estimate of drug-likeness (QED) is 0.571. The Labute approximate surface area is 181 Å². The highest BCUT2D eigenvalue weighted by molar-refractivity contribution is 5.99. The first-order chi connectivity index (χ1) is 15.1. The molecular formula is C25H28N2O4. The Hall–Kier alpha value is -3.28. The van der Waals surface area contributed by atoms with Gasteiger partial charge < -0.3 is 19.8 Å². The molecule has 0 bridgehead atoms. The lowest BCUT2D eigenvalue weighted by Gasteiger charge is -2.22. The number of ether oxygens (including phenoxy) is 2. The van der Waals surface area contributed by atoms with Crippen molar-refractivity contribution in [3.8, 4) is 5.75 Å². The van der Waals surface area contributed by atoms with Gasteiger partial charge >= 0.3 is 5.97 Å². The smallest absolute Gasteiger partial charge is 0.337 e. The summed E-state index contributed by atoms with van der Waals surface area (Å²) in [6.45, 7) is 0. The lowest BCUT2D eigenvalue weighted by molar-refractivity contribution is 0.0600. The van der Waals surface area contributed by atoms with Crippen LogP contribution in [0.4, 0.5) is 0 Å². The van der Waals surface area contributed by atoms with E-state index in [4.69, 9.17) is 9.47 Å². The molecule has 0 atom stereocenters. The first kappa shape index (κ1) is 21.0. The van der Waals surface area contributed by atoms with Crippen molar-refractivity contribution in [2.45, 2.75) is 44.6 Å². The Morgan fingerprint density at radius 3 is 2.52 bits per heavy atom. The van der Waals surface area contributed by atoms with E-state index < -0.39 is 5.97 Å². The minimum absolute atomic E-state index is 0.0130. The van der Waals surface area contributed by atoms with E-state index in [0.29, 0.717) is 23.3 Å². The van der Waals surface area contributed by atoms with Crippen molar-refractivity contribution in [2.24, 2.45) is 0 Å². The zero-order chi connectivity index (χ0) is 21.8. The van der Waals surface area contributed by atoms with E-state index >= 15 is 0 Å². The lowest BCUT2D eigenvalue weighted by Crippen LogP contribution is -2.36. The SMILES string of the molecule is COC(=O)c1ccc(Cc2c[nH]c3ccc(C(=O)NC4CCCCC4)cc23)c(OC)c1. The molecule has 3 aromatic rings. The van der Waals surface area contributed by atoms with Gasteiger partial charge in [0.1, 0.15) is 5.75 Å². The van der Waals surface area contributed by atoms with Gasteiger partial charge in [-0.2, -0.15) is 0 Å². The summed E-state index contributed by atoms with van der Waals surface area (Å²) in [5.74, 6) is 0.218. The number of methoxy groups -OCH3 is 2. The molecule has 0 unspecified atom stereocenters. The average Bonchev–Trinajstić information content (AvgIpc) is 3.21. The largest absolute Gasteiger partial charge is 0.496 e. The molecule has 1 aliphatic carbocycles. The van der Waals surface area contributed by atoms with Crippen molar-refractivity contribution >= 4 is 22.8 Å². The van der Waals surface area contributed by atoms with Crippen molar-refractivity contribution in [2.75, 3.05) is 14.2 Å². The number of carbonyl (C=O) groups excluding carboxylic acids is 2. The second kappa shape index (κ2) is 9.25. The standard InChI is InChI=1S/C25H28N2O4/c1-30-23-14-18(25(29)31-2)9-8-16(23)12-19-15-26-22-11-10-17(13-21(19)22)24(28)27-20-6-4-3-5-7-20/h8-11,13-15,20,26H,3-7,12H2,1-2H3,(H,27,28). The van der Waals surface area contributed by atoms with Crippen LogP contribution in [-0.2, 0) is 11.2 Å².